The molecule has 2 aliphatic rings. The molecule has 0 aliphatic heterocycles. The standard InChI is InChI=1S/C28H33Br2Cl3O7S3/c1-17-20(7-2-4-10-41(31,34)35)23-14-19(30)16-25-27(23)26-22(17)13-18(29)15-24(26)21(8-3-5-11-42(32,36)37)28(25)40-9-6-12-43(33,38)39/h13-17,20-21,28H,2-12H2,1H3. The van der Waals surface area contributed by atoms with Gasteiger partial charge in [0.15, 0.2) is 0 Å². The maximum Gasteiger partial charge on any atom is 0.232 e. The fourth-order valence-corrected chi connectivity index (χ4v) is 10.1. The molecule has 0 fully saturated rings. The zero-order valence-corrected chi connectivity index (χ0v) is 31.3. The third-order valence-electron chi connectivity index (χ3n) is 8.28. The zero-order valence-electron chi connectivity index (χ0n) is 23.4. The van der Waals surface area contributed by atoms with E-state index in [0.717, 1.165) is 43.2 Å². The fourth-order valence-electron chi connectivity index (χ4n) is 6.55. The van der Waals surface area contributed by atoms with Gasteiger partial charge in [-0.1, -0.05) is 51.6 Å². The predicted molar refractivity (Wildman–Crippen MR) is 181 cm³/mol. The smallest absolute Gasteiger partial charge is 0.232 e. The molecule has 240 valence electrons. The summed E-state index contributed by atoms with van der Waals surface area (Å²) in [6.07, 6.45) is 3.40. The van der Waals surface area contributed by atoms with Crippen molar-refractivity contribution in [2.24, 2.45) is 0 Å². The van der Waals surface area contributed by atoms with Gasteiger partial charge in [-0.15, -0.1) is 0 Å². The van der Waals surface area contributed by atoms with Gasteiger partial charge in [-0.2, -0.15) is 0 Å². The molecule has 0 aromatic heterocycles. The van der Waals surface area contributed by atoms with E-state index >= 15 is 0 Å². The first-order chi connectivity index (χ1) is 20.0. The number of halogens is 5. The molecule has 2 aliphatic carbocycles. The number of hydrogen-bond donors (Lipinski definition) is 0. The topological polar surface area (TPSA) is 112 Å². The third-order valence-corrected chi connectivity index (χ3v) is 12.9. The molecule has 0 saturated carbocycles. The van der Waals surface area contributed by atoms with Gasteiger partial charge in [-0.3, -0.25) is 0 Å². The van der Waals surface area contributed by atoms with E-state index in [9.17, 15) is 25.3 Å². The summed E-state index contributed by atoms with van der Waals surface area (Å²) >= 11 is 7.43. The van der Waals surface area contributed by atoms with Gasteiger partial charge in [-0.25, -0.2) is 25.3 Å². The Kier molecular flexibility index (Phi) is 12.1. The molecular formula is C28H33Br2Cl3O7S3. The van der Waals surface area contributed by atoms with E-state index in [1.807, 2.05) is 0 Å². The van der Waals surface area contributed by atoms with Gasteiger partial charge in [0, 0.05) is 53.5 Å². The molecule has 7 nitrogen and oxygen atoms in total. The number of ether oxygens (including phenoxy) is 1. The van der Waals surface area contributed by atoms with Crippen molar-refractivity contribution in [3.8, 4) is 11.1 Å². The molecule has 4 unspecified atom stereocenters. The maximum absolute atomic E-state index is 11.6. The largest absolute Gasteiger partial charge is 0.373 e. The van der Waals surface area contributed by atoms with E-state index in [1.54, 1.807) is 0 Å². The lowest BCUT2D eigenvalue weighted by Gasteiger charge is -2.43. The van der Waals surface area contributed by atoms with Crippen molar-refractivity contribution in [2.45, 2.75) is 75.7 Å². The highest BCUT2D eigenvalue weighted by molar-refractivity contribution is 9.10. The molecule has 0 amide bonds. The van der Waals surface area contributed by atoms with Crippen molar-refractivity contribution < 1.29 is 30.0 Å². The second-order valence-electron chi connectivity index (χ2n) is 11.3. The monoisotopic (exact) mass is 840 g/mol. The molecule has 43 heavy (non-hydrogen) atoms. The summed E-state index contributed by atoms with van der Waals surface area (Å²) in [6.45, 7) is 2.37. The van der Waals surface area contributed by atoms with Gasteiger partial charge in [0.2, 0.25) is 27.2 Å². The molecule has 0 radical (unpaired) electrons. The lowest BCUT2D eigenvalue weighted by atomic mass is 9.63. The minimum Gasteiger partial charge on any atom is -0.373 e. The number of unbranched alkanes of at least 4 members (excludes halogenated alkanes) is 2. The highest BCUT2D eigenvalue weighted by atomic mass is 79.9. The van der Waals surface area contributed by atoms with Crippen molar-refractivity contribution in [2.75, 3.05) is 23.9 Å². The number of rotatable bonds is 15. The lowest BCUT2D eigenvalue weighted by molar-refractivity contribution is 0.0296. The van der Waals surface area contributed by atoms with Crippen LogP contribution in [0, 0.1) is 0 Å². The van der Waals surface area contributed by atoms with Crippen LogP contribution in [0.15, 0.2) is 33.2 Å². The number of hydrogen-bond acceptors (Lipinski definition) is 7. The summed E-state index contributed by atoms with van der Waals surface area (Å²) in [6, 6.07) is 8.45. The van der Waals surface area contributed by atoms with Crippen LogP contribution in [0.25, 0.3) is 11.1 Å². The number of benzene rings is 2. The van der Waals surface area contributed by atoms with E-state index in [0.29, 0.717) is 32.1 Å². The van der Waals surface area contributed by atoms with Crippen LogP contribution in [0.5, 0.6) is 0 Å². The van der Waals surface area contributed by atoms with Gasteiger partial charge in [0.25, 0.3) is 0 Å². The maximum atomic E-state index is 11.6. The SMILES string of the molecule is CC1c2cc(Br)cc3c2-c2c(cc(Br)cc2C(OCCCS(=O)(=O)Cl)C3CCCCS(=O)(=O)Cl)C1CCCCS(=O)(=O)Cl. The second-order valence-corrected chi connectivity index (χ2v) is 21.8. The minimum atomic E-state index is -3.67. The van der Waals surface area contributed by atoms with Gasteiger partial charge < -0.3 is 4.74 Å². The normalized spacial score (nSPS) is 21.5. The van der Waals surface area contributed by atoms with Gasteiger partial charge in [0.1, 0.15) is 0 Å². The average Bonchev–Trinajstić information content (AvgIpc) is 2.86. The van der Waals surface area contributed by atoms with Crippen molar-refractivity contribution in [3.05, 3.63) is 55.5 Å². The van der Waals surface area contributed by atoms with E-state index in [1.165, 1.54) is 5.56 Å². The average molecular weight is 844 g/mol. The van der Waals surface area contributed by atoms with Crippen LogP contribution in [0.4, 0.5) is 0 Å². The summed E-state index contributed by atoms with van der Waals surface area (Å²) in [5, 5.41) is 0. The van der Waals surface area contributed by atoms with Gasteiger partial charge in [-0.05, 0) is 102 Å². The Morgan fingerprint density at radius 1 is 0.628 bits per heavy atom. The summed E-state index contributed by atoms with van der Waals surface area (Å²) in [5.74, 6) is -0.260. The van der Waals surface area contributed by atoms with Crippen LogP contribution in [-0.2, 0) is 31.9 Å². The molecule has 4 rings (SSSR count). The first-order valence-corrected chi connectivity index (χ1v) is 23.0. The highest BCUT2D eigenvalue weighted by Gasteiger charge is 2.42. The Morgan fingerprint density at radius 2 is 1.05 bits per heavy atom. The quantitative estimate of drug-likeness (QED) is 0.130. The predicted octanol–water partition coefficient (Wildman–Crippen LogP) is 8.67. The Balaban J connectivity index is 1.77. The molecule has 2 aromatic rings. The van der Waals surface area contributed by atoms with Crippen molar-refractivity contribution >= 4 is 91.1 Å². The molecule has 0 bridgehead atoms. The molecule has 4 atom stereocenters. The van der Waals surface area contributed by atoms with Crippen LogP contribution < -0.4 is 0 Å². The molecule has 0 N–H and O–H groups in total. The van der Waals surface area contributed by atoms with Crippen LogP contribution in [-0.4, -0.2) is 49.1 Å². The Bertz CT molecular complexity index is 1680. The summed E-state index contributed by atoms with van der Waals surface area (Å²) in [5.41, 5.74) is 6.70. The zero-order chi connectivity index (χ0) is 31.7. The van der Waals surface area contributed by atoms with Crippen molar-refractivity contribution in [3.63, 3.8) is 0 Å². The van der Waals surface area contributed by atoms with E-state index in [-0.39, 0.29) is 48.0 Å². The molecular weight excluding hydrogens is 811 g/mol. The van der Waals surface area contributed by atoms with Crippen LogP contribution >= 0.6 is 63.9 Å². The van der Waals surface area contributed by atoms with Crippen LogP contribution in [0.3, 0.4) is 0 Å². The Labute approximate surface area is 284 Å². The first-order valence-electron chi connectivity index (χ1n) is 14.0. The van der Waals surface area contributed by atoms with E-state index < -0.39 is 33.3 Å². The minimum absolute atomic E-state index is 0.0703. The van der Waals surface area contributed by atoms with E-state index in [4.69, 9.17) is 36.8 Å². The molecule has 15 heteroatoms. The highest BCUT2D eigenvalue weighted by Crippen LogP contribution is 2.60. The summed E-state index contributed by atoms with van der Waals surface area (Å²) < 4.78 is 77.6. The van der Waals surface area contributed by atoms with Crippen LogP contribution in [0.2, 0.25) is 0 Å². The second kappa shape index (κ2) is 14.5. The first kappa shape index (κ1) is 35.9. The van der Waals surface area contributed by atoms with Crippen LogP contribution in [0.1, 0.15) is 98.0 Å². The molecule has 0 saturated heterocycles. The lowest BCUT2D eigenvalue weighted by Crippen LogP contribution is -2.27. The van der Waals surface area contributed by atoms with Crippen molar-refractivity contribution in [1.29, 1.82) is 0 Å². The summed E-state index contributed by atoms with van der Waals surface area (Å²) in [4.78, 5) is 0. The summed E-state index contributed by atoms with van der Waals surface area (Å²) in [7, 11) is 5.54. The fraction of sp³-hybridized carbons (Fsp3) is 0.571. The molecule has 2 aromatic carbocycles. The third kappa shape index (κ3) is 9.56. The molecule has 0 heterocycles. The Hall–Kier alpha value is 0.0800. The van der Waals surface area contributed by atoms with Crippen molar-refractivity contribution in [1.82, 2.24) is 0 Å². The van der Waals surface area contributed by atoms with Gasteiger partial charge >= 0.3 is 0 Å². The molecule has 0 spiro atoms. The van der Waals surface area contributed by atoms with Gasteiger partial charge in [0.05, 0.1) is 23.4 Å². The Morgan fingerprint density at radius 3 is 1.58 bits per heavy atom. The van der Waals surface area contributed by atoms with E-state index in [2.05, 4.69) is 63.0 Å².